The molecule has 2 aliphatic rings. The predicted octanol–water partition coefficient (Wildman–Crippen LogP) is 5.50. The molecule has 9 nitrogen and oxygen atoms in total. The van der Waals surface area contributed by atoms with Crippen LogP contribution in [0.1, 0.15) is 69.2 Å². The zero-order chi connectivity index (χ0) is 30.9. The van der Waals surface area contributed by atoms with Gasteiger partial charge in [0.1, 0.15) is 11.5 Å². The summed E-state index contributed by atoms with van der Waals surface area (Å²) < 4.78 is 22.9. The second-order valence-corrected chi connectivity index (χ2v) is 11.4. The van der Waals surface area contributed by atoms with E-state index in [2.05, 4.69) is 11.8 Å². The average Bonchev–Trinajstić information content (AvgIpc) is 3.24. The molecule has 2 aliphatic heterocycles. The topological polar surface area (TPSA) is 97.8 Å². The second-order valence-electron chi connectivity index (χ2n) is 11.4. The van der Waals surface area contributed by atoms with Crippen LogP contribution < -0.4 is 14.2 Å². The molecule has 234 valence electrons. The van der Waals surface area contributed by atoms with Crippen LogP contribution in [-0.2, 0) is 14.3 Å². The maximum absolute atomic E-state index is 13.6. The van der Waals surface area contributed by atoms with E-state index in [1.165, 1.54) is 0 Å². The number of aliphatic hydroxyl groups is 1. The Kier molecular flexibility index (Phi) is 11.5. The lowest BCUT2D eigenvalue weighted by Gasteiger charge is -2.29. The Morgan fingerprint density at radius 1 is 1.02 bits per heavy atom. The fourth-order valence-corrected chi connectivity index (χ4v) is 5.65. The number of likely N-dealkylation sites (tertiary alicyclic amines) is 1. The first-order chi connectivity index (χ1) is 20.7. The Bertz CT molecular complexity index is 1300. The van der Waals surface area contributed by atoms with E-state index >= 15 is 0 Å². The Morgan fingerprint density at radius 3 is 2.47 bits per heavy atom. The van der Waals surface area contributed by atoms with E-state index in [9.17, 15) is 14.7 Å². The van der Waals surface area contributed by atoms with Gasteiger partial charge in [0.25, 0.3) is 11.7 Å². The normalized spacial score (nSPS) is 18.8. The Hall–Kier alpha value is -3.56. The fraction of sp³-hybridized carbons (Fsp3) is 0.529. The number of nitrogens with zero attached hydrogens (tertiary/aromatic N) is 2. The molecule has 2 heterocycles. The highest BCUT2D eigenvalue weighted by molar-refractivity contribution is 6.46. The minimum absolute atomic E-state index is 0.00443. The van der Waals surface area contributed by atoms with Crippen LogP contribution in [0.2, 0.25) is 0 Å². The van der Waals surface area contributed by atoms with Crippen LogP contribution in [0.3, 0.4) is 0 Å². The van der Waals surface area contributed by atoms with Crippen LogP contribution in [0.15, 0.2) is 42.0 Å². The summed E-state index contributed by atoms with van der Waals surface area (Å²) in [7, 11) is 1.57. The number of carbonyl (C=O) groups excluding carboxylic acids is 2. The number of ketones is 1. The first-order valence-electron chi connectivity index (χ1n) is 15.4. The summed E-state index contributed by atoms with van der Waals surface area (Å²) in [6.07, 6.45) is 3.78. The van der Waals surface area contributed by atoms with E-state index in [4.69, 9.17) is 18.9 Å². The van der Waals surface area contributed by atoms with Crippen molar-refractivity contribution >= 4 is 17.4 Å². The standard InChI is InChI=1S/C34H46N2O7/c1-6-7-8-18-42-28-13-10-25(22-29(28)40-5)31-30(32(37)27-12-11-26(21-24(27)4)43-23(2)3)33(38)34(39)36(31)15-9-14-35-16-19-41-20-17-35/h10-13,21-23,31,37H,6-9,14-20H2,1-5H3/b32-30+. The SMILES string of the molecule is CCCCCOc1ccc(C2/C(=C(\O)c3ccc(OC(C)C)cc3C)C(=O)C(=O)N2CCCN2CCOCC2)cc1OC. The van der Waals surface area contributed by atoms with Crippen LogP contribution in [0.4, 0.5) is 0 Å². The summed E-state index contributed by atoms with van der Waals surface area (Å²) in [6, 6.07) is 10.0. The lowest BCUT2D eigenvalue weighted by Crippen LogP contribution is -2.39. The van der Waals surface area contributed by atoms with Crippen LogP contribution in [-0.4, -0.2) is 85.8 Å². The maximum atomic E-state index is 13.6. The van der Waals surface area contributed by atoms with Gasteiger partial charge in [-0.1, -0.05) is 25.8 Å². The molecule has 2 fully saturated rings. The zero-order valence-corrected chi connectivity index (χ0v) is 26.2. The number of aliphatic hydroxyl groups excluding tert-OH is 1. The van der Waals surface area contributed by atoms with Crippen molar-refractivity contribution in [3.8, 4) is 17.2 Å². The third-order valence-corrected chi connectivity index (χ3v) is 7.85. The minimum Gasteiger partial charge on any atom is -0.507 e. The molecule has 43 heavy (non-hydrogen) atoms. The van der Waals surface area contributed by atoms with Gasteiger partial charge >= 0.3 is 0 Å². The third-order valence-electron chi connectivity index (χ3n) is 7.85. The molecule has 1 atom stereocenters. The molecule has 0 spiro atoms. The molecule has 0 aromatic heterocycles. The first kappa shape index (κ1) is 32.4. The molecular weight excluding hydrogens is 548 g/mol. The number of Topliss-reactive ketones (excluding diaryl/α,β-unsaturated/α-hetero) is 1. The number of unbranched alkanes of at least 4 members (excludes halogenated alkanes) is 2. The van der Waals surface area contributed by atoms with E-state index in [0.29, 0.717) is 61.2 Å². The van der Waals surface area contributed by atoms with Gasteiger partial charge in [0, 0.05) is 31.7 Å². The lowest BCUT2D eigenvalue weighted by atomic mass is 9.93. The van der Waals surface area contributed by atoms with Crippen molar-refractivity contribution in [2.45, 2.75) is 65.5 Å². The molecule has 0 radical (unpaired) electrons. The number of morpholine rings is 1. The zero-order valence-electron chi connectivity index (χ0n) is 26.2. The highest BCUT2D eigenvalue weighted by atomic mass is 16.5. The number of methoxy groups -OCH3 is 1. The molecular formula is C34H46N2O7. The van der Waals surface area contributed by atoms with Crippen LogP contribution in [0.25, 0.3) is 5.76 Å². The van der Waals surface area contributed by atoms with Crippen molar-refractivity contribution in [2.24, 2.45) is 0 Å². The second kappa shape index (κ2) is 15.3. The van der Waals surface area contributed by atoms with Crippen LogP contribution in [0.5, 0.6) is 17.2 Å². The molecule has 0 aliphatic carbocycles. The van der Waals surface area contributed by atoms with Gasteiger partial charge in [0.05, 0.1) is 44.6 Å². The van der Waals surface area contributed by atoms with Crippen LogP contribution >= 0.6 is 0 Å². The van der Waals surface area contributed by atoms with Gasteiger partial charge < -0.3 is 29.0 Å². The van der Waals surface area contributed by atoms with Gasteiger partial charge in [0.15, 0.2) is 11.5 Å². The highest BCUT2D eigenvalue weighted by Crippen LogP contribution is 2.42. The van der Waals surface area contributed by atoms with Gasteiger partial charge in [0.2, 0.25) is 0 Å². The van der Waals surface area contributed by atoms with E-state index in [1.807, 2.05) is 39.0 Å². The number of carbonyl (C=O) groups is 2. The van der Waals surface area contributed by atoms with Gasteiger partial charge in [-0.25, -0.2) is 0 Å². The summed E-state index contributed by atoms with van der Waals surface area (Å²) in [5.74, 6) is 0.261. The van der Waals surface area contributed by atoms with Gasteiger partial charge in [-0.05, 0) is 75.1 Å². The van der Waals surface area contributed by atoms with Crippen molar-refractivity contribution in [2.75, 3.05) is 53.1 Å². The number of amides is 1. The first-order valence-corrected chi connectivity index (χ1v) is 15.4. The summed E-state index contributed by atoms with van der Waals surface area (Å²) in [5.41, 5.74) is 1.95. The van der Waals surface area contributed by atoms with Crippen molar-refractivity contribution < 1.29 is 33.6 Å². The number of rotatable bonds is 14. The fourth-order valence-electron chi connectivity index (χ4n) is 5.65. The molecule has 2 saturated heterocycles. The maximum Gasteiger partial charge on any atom is 0.295 e. The Labute approximate surface area is 255 Å². The molecule has 0 saturated carbocycles. The summed E-state index contributed by atoms with van der Waals surface area (Å²) in [6.45, 7) is 12.7. The van der Waals surface area contributed by atoms with E-state index in [1.54, 1.807) is 30.2 Å². The van der Waals surface area contributed by atoms with Gasteiger partial charge in [-0.15, -0.1) is 0 Å². The van der Waals surface area contributed by atoms with Crippen molar-refractivity contribution in [1.29, 1.82) is 0 Å². The Morgan fingerprint density at radius 2 is 1.79 bits per heavy atom. The molecule has 0 bridgehead atoms. The van der Waals surface area contributed by atoms with E-state index in [-0.39, 0.29) is 17.4 Å². The molecule has 2 aromatic carbocycles. The average molecular weight is 595 g/mol. The van der Waals surface area contributed by atoms with Crippen molar-refractivity contribution in [3.05, 3.63) is 58.7 Å². The van der Waals surface area contributed by atoms with Crippen LogP contribution in [0, 0.1) is 6.92 Å². The molecule has 9 heteroatoms. The minimum atomic E-state index is -0.779. The van der Waals surface area contributed by atoms with E-state index in [0.717, 1.165) is 44.5 Å². The highest BCUT2D eigenvalue weighted by Gasteiger charge is 2.46. The van der Waals surface area contributed by atoms with Crippen molar-refractivity contribution in [1.82, 2.24) is 9.80 Å². The molecule has 1 amide bonds. The third kappa shape index (κ3) is 7.89. The number of ether oxygens (including phenoxy) is 4. The largest absolute Gasteiger partial charge is 0.507 e. The number of aryl methyl sites for hydroxylation is 1. The quantitative estimate of drug-likeness (QED) is 0.133. The summed E-state index contributed by atoms with van der Waals surface area (Å²) >= 11 is 0. The number of hydrogen-bond acceptors (Lipinski definition) is 8. The smallest absolute Gasteiger partial charge is 0.295 e. The molecule has 1 unspecified atom stereocenters. The van der Waals surface area contributed by atoms with Gasteiger partial charge in [-0.2, -0.15) is 0 Å². The number of benzene rings is 2. The Balaban J connectivity index is 1.70. The monoisotopic (exact) mass is 594 g/mol. The molecule has 2 aromatic rings. The number of hydrogen-bond donors (Lipinski definition) is 1. The van der Waals surface area contributed by atoms with E-state index < -0.39 is 17.7 Å². The van der Waals surface area contributed by atoms with Gasteiger partial charge in [-0.3, -0.25) is 14.5 Å². The summed E-state index contributed by atoms with van der Waals surface area (Å²) in [5, 5.41) is 11.6. The lowest BCUT2D eigenvalue weighted by molar-refractivity contribution is -0.140. The molecule has 1 N–H and O–H groups in total. The molecule has 4 rings (SSSR count). The van der Waals surface area contributed by atoms with Crippen molar-refractivity contribution in [3.63, 3.8) is 0 Å². The predicted molar refractivity (Wildman–Crippen MR) is 166 cm³/mol. The summed E-state index contributed by atoms with van der Waals surface area (Å²) in [4.78, 5) is 31.0.